The molecule has 0 radical (unpaired) electrons. The molecule has 3 unspecified atom stereocenters. The predicted octanol–water partition coefficient (Wildman–Crippen LogP) is 3.46. The zero-order valence-electron chi connectivity index (χ0n) is 11.8. The molecule has 0 heterocycles. The highest BCUT2D eigenvalue weighted by atomic mass is 35.5. The molecule has 0 bridgehead atoms. The van der Waals surface area contributed by atoms with Crippen molar-refractivity contribution in [1.29, 1.82) is 0 Å². The Balaban J connectivity index is 1.85. The van der Waals surface area contributed by atoms with Gasteiger partial charge in [-0.15, -0.1) is 0 Å². The Morgan fingerprint density at radius 2 is 2.00 bits per heavy atom. The largest absolute Gasteiger partial charge is 0.388 e. The fraction of sp³-hybridized carbons (Fsp3) is 0.562. The van der Waals surface area contributed by atoms with Gasteiger partial charge in [-0.05, 0) is 36.5 Å². The number of aliphatic hydroxyl groups is 1. The maximum Gasteiger partial charge on any atom is 0.223 e. The normalized spacial score (nSPS) is 24.1. The molecule has 1 aliphatic rings. The highest BCUT2D eigenvalue weighted by molar-refractivity contribution is 6.30. The number of carbonyl (C=O) groups excluding carboxylic acids is 1. The summed E-state index contributed by atoms with van der Waals surface area (Å²) in [5.74, 6) is 0.451. The van der Waals surface area contributed by atoms with E-state index < -0.39 is 6.10 Å². The minimum Gasteiger partial charge on any atom is -0.388 e. The highest BCUT2D eigenvalue weighted by Crippen LogP contribution is 2.24. The second-order valence-electron chi connectivity index (χ2n) is 5.71. The van der Waals surface area contributed by atoms with Crippen molar-refractivity contribution in [2.24, 2.45) is 5.92 Å². The lowest BCUT2D eigenvalue weighted by atomic mass is 9.86. The van der Waals surface area contributed by atoms with Crippen LogP contribution in [-0.4, -0.2) is 17.1 Å². The van der Waals surface area contributed by atoms with Crippen molar-refractivity contribution in [1.82, 2.24) is 5.32 Å². The topological polar surface area (TPSA) is 49.3 Å². The lowest BCUT2D eigenvalue weighted by Crippen LogP contribution is -2.41. The van der Waals surface area contributed by atoms with Crippen molar-refractivity contribution in [3.63, 3.8) is 0 Å². The summed E-state index contributed by atoms with van der Waals surface area (Å²) < 4.78 is 0. The average molecular weight is 296 g/mol. The first-order valence-corrected chi connectivity index (χ1v) is 7.67. The zero-order valence-corrected chi connectivity index (χ0v) is 12.6. The molecule has 1 saturated carbocycles. The summed E-state index contributed by atoms with van der Waals surface area (Å²) in [6, 6.07) is 7.21. The van der Waals surface area contributed by atoms with Gasteiger partial charge in [0.25, 0.3) is 0 Å². The number of aliphatic hydroxyl groups excluding tert-OH is 1. The lowest BCUT2D eigenvalue weighted by molar-refractivity contribution is -0.124. The Kier molecular flexibility index (Phi) is 5.44. The summed E-state index contributed by atoms with van der Waals surface area (Å²) >= 11 is 5.81. The predicted molar refractivity (Wildman–Crippen MR) is 80.6 cm³/mol. The lowest BCUT2D eigenvalue weighted by Gasteiger charge is -2.29. The van der Waals surface area contributed by atoms with Gasteiger partial charge in [0.15, 0.2) is 0 Å². The van der Waals surface area contributed by atoms with E-state index in [1.807, 2.05) is 0 Å². The molecule has 20 heavy (non-hydrogen) atoms. The molecule has 0 aromatic heterocycles. The summed E-state index contributed by atoms with van der Waals surface area (Å²) in [5, 5.41) is 13.8. The molecule has 1 fully saturated rings. The molecule has 1 aromatic carbocycles. The fourth-order valence-electron chi connectivity index (χ4n) is 2.77. The van der Waals surface area contributed by atoms with E-state index in [2.05, 4.69) is 12.2 Å². The van der Waals surface area contributed by atoms with Gasteiger partial charge < -0.3 is 10.4 Å². The fourth-order valence-corrected chi connectivity index (χ4v) is 2.90. The van der Waals surface area contributed by atoms with Crippen LogP contribution in [0.4, 0.5) is 0 Å². The van der Waals surface area contributed by atoms with Crippen LogP contribution >= 0.6 is 11.6 Å². The quantitative estimate of drug-likeness (QED) is 0.894. The van der Waals surface area contributed by atoms with Gasteiger partial charge in [-0.2, -0.15) is 0 Å². The second-order valence-corrected chi connectivity index (χ2v) is 6.14. The Bertz CT molecular complexity index is 446. The SMILES string of the molecule is CC1CCCCC1NC(=O)CC(O)c1ccc(Cl)cc1. The smallest absolute Gasteiger partial charge is 0.223 e. The Morgan fingerprint density at radius 3 is 2.65 bits per heavy atom. The number of hydrogen-bond acceptors (Lipinski definition) is 2. The highest BCUT2D eigenvalue weighted by Gasteiger charge is 2.23. The first-order valence-electron chi connectivity index (χ1n) is 7.29. The number of hydrogen-bond donors (Lipinski definition) is 2. The van der Waals surface area contributed by atoms with Crippen molar-refractivity contribution in [3.05, 3.63) is 34.9 Å². The standard InChI is InChI=1S/C16H22ClNO2/c1-11-4-2-3-5-14(11)18-16(20)10-15(19)12-6-8-13(17)9-7-12/h6-9,11,14-15,19H,2-5,10H2,1H3,(H,18,20). The molecule has 3 nitrogen and oxygen atoms in total. The van der Waals surface area contributed by atoms with Crippen LogP contribution in [-0.2, 0) is 4.79 Å². The number of halogens is 1. The van der Waals surface area contributed by atoms with Gasteiger partial charge in [-0.3, -0.25) is 4.79 Å². The molecule has 0 aliphatic heterocycles. The third kappa shape index (κ3) is 4.22. The molecule has 1 aromatic rings. The van der Waals surface area contributed by atoms with Gasteiger partial charge in [-0.25, -0.2) is 0 Å². The van der Waals surface area contributed by atoms with Gasteiger partial charge in [0.1, 0.15) is 0 Å². The van der Waals surface area contributed by atoms with E-state index in [1.54, 1.807) is 24.3 Å². The summed E-state index contributed by atoms with van der Waals surface area (Å²) in [7, 11) is 0. The Morgan fingerprint density at radius 1 is 1.35 bits per heavy atom. The van der Waals surface area contributed by atoms with E-state index in [1.165, 1.54) is 19.3 Å². The van der Waals surface area contributed by atoms with Crippen LogP contribution in [0, 0.1) is 5.92 Å². The van der Waals surface area contributed by atoms with Crippen LogP contribution in [0.5, 0.6) is 0 Å². The van der Waals surface area contributed by atoms with Crippen molar-refractivity contribution >= 4 is 17.5 Å². The van der Waals surface area contributed by atoms with E-state index >= 15 is 0 Å². The van der Waals surface area contributed by atoms with Crippen molar-refractivity contribution in [2.45, 2.75) is 51.2 Å². The molecule has 3 atom stereocenters. The molecule has 4 heteroatoms. The second kappa shape index (κ2) is 7.09. The molecule has 2 rings (SSSR count). The van der Waals surface area contributed by atoms with Crippen LogP contribution in [0.15, 0.2) is 24.3 Å². The van der Waals surface area contributed by atoms with E-state index in [9.17, 15) is 9.90 Å². The number of carbonyl (C=O) groups is 1. The molecule has 110 valence electrons. The van der Waals surface area contributed by atoms with Crippen LogP contribution in [0.1, 0.15) is 50.7 Å². The maximum absolute atomic E-state index is 12.0. The number of benzene rings is 1. The minimum absolute atomic E-state index is 0.0776. The van der Waals surface area contributed by atoms with E-state index in [0.29, 0.717) is 10.9 Å². The third-order valence-electron chi connectivity index (χ3n) is 4.09. The molecule has 0 spiro atoms. The monoisotopic (exact) mass is 295 g/mol. The van der Waals surface area contributed by atoms with Gasteiger partial charge in [0.05, 0.1) is 12.5 Å². The molecule has 2 N–H and O–H groups in total. The van der Waals surface area contributed by atoms with Crippen LogP contribution < -0.4 is 5.32 Å². The molecular weight excluding hydrogens is 274 g/mol. The molecule has 1 amide bonds. The first kappa shape index (κ1) is 15.3. The van der Waals surface area contributed by atoms with E-state index in [0.717, 1.165) is 12.0 Å². The van der Waals surface area contributed by atoms with Crippen LogP contribution in [0.3, 0.4) is 0 Å². The zero-order chi connectivity index (χ0) is 14.5. The molecule has 1 aliphatic carbocycles. The molecule has 0 saturated heterocycles. The average Bonchev–Trinajstić information content (AvgIpc) is 2.42. The third-order valence-corrected chi connectivity index (χ3v) is 4.34. The number of nitrogens with one attached hydrogen (secondary N) is 1. The van der Waals surface area contributed by atoms with Crippen LogP contribution in [0.2, 0.25) is 5.02 Å². The van der Waals surface area contributed by atoms with E-state index in [4.69, 9.17) is 11.6 Å². The van der Waals surface area contributed by atoms with Gasteiger partial charge in [0, 0.05) is 11.1 Å². The summed E-state index contributed by atoms with van der Waals surface area (Å²) in [6.07, 6.45) is 3.97. The van der Waals surface area contributed by atoms with Gasteiger partial charge in [-0.1, -0.05) is 43.5 Å². The Hall–Kier alpha value is -1.06. The Labute approximate surface area is 125 Å². The van der Waals surface area contributed by atoms with Crippen molar-refractivity contribution in [2.75, 3.05) is 0 Å². The number of amides is 1. The molecular formula is C16H22ClNO2. The van der Waals surface area contributed by atoms with E-state index in [-0.39, 0.29) is 18.4 Å². The summed E-state index contributed by atoms with van der Waals surface area (Å²) in [4.78, 5) is 12.0. The summed E-state index contributed by atoms with van der Waals surface area (Å²) in [5.41, 5.74) is 0.723. The first-order chi connectivity index (χ1) is 9.56. The van der Waals surface area contributed by atoms with Gasteiger partial charge in [0.2, 0.25) is 5.91 Å². The van der Waals surface area contributed by atoms with Crippen molar-refractivity contribution in [3.8, 4) is 0 Å². The number of rotatable bonds is 4. The summed E-state index contributed by atoms with van der Waals surface area (Å²) in [6.45, 7) is 2.18. The minimum atomic E-state index is -0.772. The van der Waals surface area contributed by atoms with Crippen molar-refractivity contribution < 1.29 is 9.90 Å². The maximum atomic E-state index is 12.0. The van der Waals surface area contributed by atoms with Gasteiger partial charge >= 0.3 is 0 Å². The van der Waals surface area contributed by atoms with Crippen LogP contribution in [0.25, 0.3) is 0 Å².